The van der Waals surface area contributed by atoms with E-state index in [1.54, 1.807) is 5.38 Å². The second kappa shape index (κ2) is 5.37. The molecule has 2 rings (SSSR count). The Morgan fingerprint density at radius 3 is 3.06 bits per heavy atom. The average Bonchev–Trinajstić information content (AvgIpc) is 2.93. The first kappa shape index (κ1) is 12.2. The van der Waals surface area contributed by atoms with Gasteiger partial charge >= 0.3 is 0 Å². The van der Waals surface area contributed by atoms with Gasteiger partial charge in [0.25, 0.3) is 5.91 Å². The van der Waals surface area contributed by atoms with Crippen LogP contribution in [0.1, 0.15) is 16.2 Å². The molecule has 6 heteroatoms. The summed E-state index contributed by atoms with van der Waals surface area (Å²) in [6, 6.07) is 3.72. The lowest BCUT2D eigenvalue weighted by molar-refractivity contribution is 0.0952. The summed E-state index contributed by atoms with van der Waals surface area (Å²) >= 11 is 5.42. The number of nitrogens with one attached hydrogen (secondary N) is 1. The van der Waals surface area contributed by atoms with Gasteiger partial charge in [-0.25, -0.2) is 4.98 Å². The molecule has 2 aromatic rings. The Morgan fingerprint density at radius 2 is 2.41 bits per heavy atom. The number of aromatic nitrogens is 1. The molecule has 17 heavy (non-hydrogen) atoms. The van der Waals surface area contributed by atoms with E-state index in [0.29, 0.717) is 28.8 Å². The number of thiazole rings is 1. The van der Waals surface area contributed by atoms with E-state index in [-0.39, 0.29) is 5.91 Å². The summed E-state index contributed by atoms with van der Waals surface area (Å²) in [5.41, 5.74) is 0.417. The number of furan rings is 1. The van der Waals surface area contributed by atoms with Crippen molar-refractivity contribution in [2.24, 2.45) is 0 Å². The number of amides is 1. The van der Waals surface area contributed by atoms with Gasteiger partial charge in [0.1, 0.15) is 11.5 Å². The van der Waals surface area contributed by atoms with Gasteiger partial charge in [-0.3, -0.25) is 4.79 Å². The maximum Gasteiger partial charge on any atom is 0.270 e. The molecule has 1 amide bonds. The van der Waals surface area contributed by atoms with Gasteiger partial charge in [0.2, 0.25) is 0 Å². The molecule has 1 N–H and O–H groups in total. The Balaban J connectivity index is 2.13. The minimum absolute atomic E-state index is 0.176. The molecule has 0 saturated carbocycles. The third-order valence-electron chi connectivity index (χ3n) is 2.09. The van der Waals surface area contributed by atoms with Gasteiger partial charge in [-0.2, -0.15) is 12.6 Å². The van der Waals surface area contributed by atoms with Crippen LogP contribution in [0.2, 0.25) is 0 Å². The summed E-state index contributed by atoms with van der Waals surface area (Å²) in [5, 5.41) is 5.16. The molecule has 0 radical (unpaired) electrons. The van der Waals surface area contributed by atoms with E-state index in [1.807, 2.05) is 19.1 Å². The number of hydrogen-bond acceptors (Lipinski definition) is 5. The predicted molar refractivity (Wildman–Crippen MR) is 70.7 cm³/mol. The van der Waals surface area contributed by atoms with E-state index >= 15 is 0 Å². The highest BCUT2D eigenvalue weighted by Gasteiger charge is 2.12. The van der Waals surface area contributed by atoms with Crippen molar-refractivity contribution >= 4 is 29.9 Å². The molecule has 0 aliphatic heterocycles. The molecular formula is C11H12N2O2S2. The molecular weight excluding hydrogens is 256 g/mol. The Labute approximate surface area is 108 Å². The summed E-state index contributed by atoms with van der Waals surface area (Å²) in [4.78, 5) is 15.9. The van der Waals surface area contributed by atoms with Crippen LogP contribution in [0.25, 0.3) is 10.8 Å². The fourth-order valence-electron chi connectivity index (χ4n) is 1.30. The van der Waals surface area contributed by atoms with Crippen LogP contribution in [-0.4, -0.2) is 23.2 Å². The lowest BCUT2D eigenvalue weighted by atomic mass is 10.4. The van der Waals surface area contributed by atoms with E-state index in [2.05, 4.69) is 22.9 Å². The molecule has 4 nitrogen and oxygen atoms in total. The quantitative estimate of drug-likeness (QED) is 0.837. The largest absolute Gasteiger partial charge is 0.459 e. The van der Waals surface area contributed by atoms with Crippen LogP contribution in [0.4, 0.5) is 0 Å². The van der Waals surface area contributed by atoms with Crippen molar-refractivity contribution in [2.45, 2.75) is 6.92 Å². The molecule has 0 atom stereocenters. The van der Waals surface area contributed by atoms with Crippen LogP contribution in [0.3, 0.4) is 0 Å². The average molecular weight is 268 g/mol. The lowest BCUT2D eigenvalue weighted by Gasteiger charge is -1.98. The molecule has 0 bridgehead atoms. The number of carbonyl (C=O) groups excluding carboxylic acids is 1. The number of nitrogens with zero attached hydrogens (tertiary/aromatic N) is 1. The number of aryl methyl sites for hydroxylation is 1. The zero-order valence-corrected chi connectivity index (χ0v) is 11.0. The Hall–Kier alpha value is -1.27. The third kappa shape index (κ3) is 2.89. The van der Waals surface area contributed by atoms with Crippen LogP contribution in [0.15, 0.2) is 21.9 Å². The van der Waals surface area contributed by atoms with Gasteiger partial charge in [0.05, 0.1) is 0 Å². The molecule has 2 aromatic heterocycles. The van der Waals surface area contributed by atoms with E-state index in [0.717, 1.165) is 5.76 Å². The highest BCUT2D eigenvalue weighted by Crippen LogP contribution is 2.25. The van der Waals surface area contributed by atoms with Gasteiger partial charge in [-0.05, 0) is 19.1 Å². The van der Waals surface area contributed by atoms with E-state index in [4.69, 9.17) is 4.42 Å². The van der Waals surface area contributed by atoms with E-state index in [1.165, 1.54) is 11.3 Å². The summed E-state index contributed by atoms with van der Waals surface area (Å²) < 4.78 is 5.45. The zero-order chi connectivity index (χ0) is 12.3. The van der Waals surface area contributed by atoms with E-state index < -0.39 is 0 Å². The van der Waals surface area contributed by atoms with Crippen LogP contribution < -0.4 is 5.32 Å². The molecule has 0 aliphatic carbocycles. The first-order valence-corrected chi connectivity index (χ1v) is 6.63. The standard InChI is InChI=1S/C11H12N2O2S2/c1-7-2-3-9(15-7)11-13-8(6-17-11)10(14)12-4-5-16/h2-3,6,16H,4-5H2,1H3,(H,12,14). The van der Waals surface area contributed by atoms with E-state index in [9.17, 15) is 4.79 Å². The number of carbonyl (C=O) groups is 1. The highest BCUT2D eigenvalue weighted by atomic mass is 32.1. The monoisotopic (exact) mass is 268 g/mol. The second-order valence-electron chi connectivity index (χ2n) is 3.43. The van der Waals surface area contributed by atoms with Gasteiger partial charge in [-0.15, -0.1) is 11.3 Å². The summed E-state index contributed by atoms with van der Waals surface area (Å²) in [6.07, 6.45) is 0. The number of rotatable bonds is 4. The van der Waals surface area contributed by atoms with Crippen molar-refractivity contribution in [3.05, 3.63) is 29.0 Å². The zero-order valence-electron chi connectivity index (χ0n) is 9.27. The van der Waals surface area contributed by atoms with Crippen molar-refractivity contribution in [3.63, 3.8) is 0 Å². The molecule has 0 spiro atoms. The summed E-state index contributed by atoms with van der Waals surface area (Å²) in [7, 11) is 0. The fraction of sp³-hybridized carbons (Fsp3) is 0.273. The minimum Gasteiger partial charge on any atom is -0.459 e. The van der Waals surface area contributed by atoms with Gasteiger partial charge in [-0.1, -0.05) is 0 Å². The van der Waals surface area contributed by atoms with Crippen molar-refractivity contribution in [2.75, 3.05) is 12.3 Å². The minimum atomic E-state index is -0.176. The smallest absolute Gasteiger partial charge is 0.270 e. The second-order valence-corrected chi connectivity index (χ2v) is 4.73. The molecule has 0 fully saturated rings. The van der Waals surface area contributed by atoms with Crippen LogP contribution in [0.5, 0.6) is 0 Å². The maximum absolute atomic E-state index is 11.6. The molecule has 0 aromatic carbocycles. The van der Waals surface area contributed by atoms with Gasteiger partial charge in [0.15, 0.2) is 10.8 Å². The van der Waals surface area contributed by atoms with Crippen LogP contribution in [-0.2, 0) is 0 Å². The van der Waals surface area contributed by atoms with Crippen molar-refractivity contribution in [1.82, 2.24) is 10.3 Å². The first-order valence-electron chi connectivity index (χ1n) is 5.12. The molecule has 0 aliphatic rings. The van der Waals surface area contributed by atoms with Crippen LogP contribution >= 0.6 is 24.0 Å². The molecule has 0 unspecified atom stereocenters. The van der Waals surface area contributed by atoms with Gasteiger partial charge in [0, 0.05) is 17.7 Å². The lowest BCUT2D eigenvalue weighted by Crippen LogP contribution is -2.25. The predicted octanol–water partition coefficient (Wildman–Crippen LogP) is 2.37. The SMILES string of the molecule is Cc1ccc(-c2nc(C(=O)NCCS)cs2)o1. The first-order chi connectivity index (χ1) is 8.20. The fourth-order valence-corrected chi connectivity index (χ4v) is 2.17. The highest BCUT2D eigenvalue weighted by molar-refractivity contribution is 7.80. The van der Waals surface area contributed by atoms with Crippen LogP contribution in [0, 0.1) is 6.92 Å². The number of hydrogen-bond donors (Lipinski definition) is 2. The number of thiol groups is 1. The maximum atomic E-state index is 11.6. The van der Waals surface area contributed by atoms with Crippen molar-refractivity contribution < 1.29 is 9.21 Å². The molecule has 0 saturated heterocycles. The topological polar surface area (TPSA) is 55.1 Å². The Kier molecular flexibility index (Phi) is 3.86. The third-order valence-corrected chi connectivity index (χ3v) is 3.17. The summed E-state index contributed by atoms with van der Waals surface area (Å²) in [5.74, 6) is 1.96. The molecule has 2 heterocycles. The van der Waals surface area contributed by atoms with Crippen molar-refractivity contribution in [3.8, 4) is 10.8 Å². The summed E-state index contributed by atoms with van der Waals surface area (Å²) in [6.45, 7) is 2.41. The molecule has 90 valence electrons. The Bertz CT molecular complexity index is 519. The Morgan fingerprint density at radius 1 is 1.59 bits per heavy atom. The van der Waals surface area contributed by atoms with Crippen molar-refractivity contribution in [1.29, 1.82) is 0 Å². The normalized spacial score (nSPS) is 10.5. The van der Waals surface area contributed by atoms with Gasteiger partial charge < -0.3 is 9.73 Å².